The number of aliphatic imine (C=N–C) groups is 1. The molecule has 0 aliphatic carbocycles. The summed E-state index contributed by atoms with van der Waals surface area (Å²) < 4.78 is 13.1. The molecule has 0 bridgehead atoms. The molecular weight excluding hydrogens is 519 g/mol. The van der Waals surface area contributed by atoms with E-state index in [2.05, 4.69) is 51.7 Å². The van der Waals surface area contributed by atoms with Crippen LogP contribution in [0.1, 0.15) is 56.7 Å². The van der Waals surface area contributed by atoms with Crippen molar-refractivity contribution in [3.63, 3.8) is 0 Å². The zero-order valence-corrected chi connectivity index (χ0v) is 22.2. The smallest absolute Gasteiger partial charge is 0.191 e. The molecule has 0 saturated heterocycles. The molecule has 0 saturated carbocycles. The zero-order chi connectivity index (χ0) is 22.2. The first-order valence-electron chi connectivity index (χ1n) is 11.2. The third kappa shape index (κ3) is 6.98. The van der Waals surface area contributed by atoms with Crippen LogP contribution in [0.3, 0.4) is 0 Å². The lowest BCUT2D eigenvalue weighted by molar-refractivity contribution is 0.310. The van der Waals surface area contributed by atoms with Crippen molar-refractivity contribution in [3.8, 4) is 11.5 Å². The van der Waals surface area contributed by atoms with Crippen molar-refractivity contribution in [3.05, 3.63) is 35.4 Å². The minimum absolute atomic E-state index is 0. The lowest BCUT2D eigenvalue weighted by Crippen LogP contribution is -2.47. The van der Waals surface area contributed by atoms with Crippen LogP contribution < -0.4 is 20.1 Å². The van der Waals surface area contributed by atoms with Crippen molar-refractivity contribution in [2.75, 3.05) is 27.3 Å². The Kier molecular flexibility index (Phi) is 10.5. The molecule has 2 N–H and O–H groups in total. The second kappa shape index (κ2) is 12.9. The third-order valence-corrected chi connectivity index (χ3v) is 5.42. The summed E-state index contributed by atoms with van der Waals surface area (Å²) in [5.41, 5.74) is 1.24. The van der Waals surface area contributed by atoms with Gasteiger partial charge in [-0.1, -0.05) is 19.9 Å². The molecule has 1 aliphatic rings. The molecule has 0 amide bonds. The molecule has 3 rings (SSSR count). The van der Waals surface area contributed by atoms with Gasteiger partial charge in [0.1, 0.15) is 5.82 Å². The van der Waals surface area contributed by atoms with Crippen molar-refractivity contribution >= 4 is 29.9 Å². The fourth-order valence-corrected chi connectivity index (χ4v) is 3.72. The highest BCUT2D eigenvalue weighted by Crippen LogP contribution is 2.28. The highest BCUT2D eigenvalue weighted by atomic mass is 127. The molecule has 1 aromatic carbocycles. The van der Waals surface area contributed by atoms with Crippen molar-refractivity contribution in [2.45, 2.75) is 65.0 Å². The van der Waals surface area contributed by atoms with E-state index in [1.54, 1.807) is 7.11 Å². The number of halogens is 1. The Bertz CT molecular complexity index is 883. The highest BCUT2D eigenvalue weighted by Gasteiger charge is 2.23. The lowest BCUT2D eigenvalue weighted by Gasteiger charge is -2.25. The number of guanidine groups is 1. The largest absolute Gasteiger partial charge is 0.493 e. The molecule has 2 aromatic rings. The number of ether oxygens (including phenoxy) is 2. The van der Waals surface area contributed by atoms with E-state index in [9.17, 15) is 0 Å². The summed E-state index contributed by atoms with van der Waals surface area (Å²) in [6.07, 6.45) is 3.92. The summed E-state index contributed by atoms with van der Waals surface area (Å²) in [6, 6.07) is 6.44. The van der Waals surface area contributed by atoms with Gasteiger partial charge in [-0.3, -0.25) is 4.99 Å². The van der Waals surface area contributed by atoms with Crippen LogP contribution >= 0.6 is 24.0 Å². The summed E-state index contributed by atoms with van der Waals surface area (Å²) in [5.74, 6) is 4.80. The molecule has 1 unspecified atom stereocenters. The van der Waals surface area contributed by atoms with Crippen molar-refractivity contribution in [1.82, 2.24) is 25.4 Å². The van der Waals surface area contributed by atoms with Crippen LogP contribution in [0.25, 0.3) is 0 Å². The van der Waals surface area contributed by atoms with Crippen LogP contribution in [0.5, 0.6) is 11.5 Å². The SMILES string of the molecule is CCOc1cc(CCCNC(=NC)NC2CCc3nc(C(C)C)nn3C2)ccc1OC.I. The molecule has 1 aromatic heterocycles. The van der Waals surface area contributed by atoms with Crippen LogP contribution in [0, 0.1) is 0 Å². The van der Waals surface area contributed by atoms with Gasteiger partial charge in [-0.2, -0.15) is 5.10 Å². The first kappa shape index (κ1) is 26.2. The molecule has 2 heterocycles. The Morgan fingerprint density at radius 1 is 1.31 bits per heavy atom. The molecule has 178 valence electrons. The highest BCUT2D eigenvalue weighted by molar-refractivity contribution is 14.0. The maximum Gasteiger partial charge on any atom is 0.191 e. The normalized spacial score (nSPS) is 15.7. The molecule has 1 atom stereocenters. The summed E-state index contributed by atoms with van der Waals surface area (Å²) >= 11 is 0. The number of nitrogens with zero attached hydrogens (tertiary/aromatic N) is 4. The third-order valence-electron chi connectivity index (χ3n) is 5.42. The van der Waals surface area contributed by atoms with E-state index in [-0.39, 0.29) is 24.0 Å². The van der Waals surface area contributed by atoms with Gasteiger partial charge < -0.3 is 20.1 Å². The van der Waals surface area contributed by atoms with Crippen LogP contribution in [0.4, 0.5) is 0 Å². The van der Waals surface area contributed by atoms with Crippen molar-refractivity contribution in [2.24, 2.45) is 4.99 Å². The molecule has 0 fully saturated rings. The monoisotopic (exact) mass is 556 g/mol. The second-order valence-electron chi connectivity index (χ2n) is 8.12. The van der Waals surface area contributed by atoms with Gasteiger partial charge in [0.15, 0.2) is 23.3 Å². The Morgan fingerprint density at radius 2 is 2.12 bits per heavy atom. The number of fused-ring (bicyclic) bond motifs is 1. The summed E-state index contributed by atoms with van der Waals surface area (Å²) in [4.78, 5) is 9.05. The van der Waals surface area contributed by atoms with E-state index in [4.69, 9.17) is 9.47 Å². The van der Waals surface area contributed by atoms with Gasteiger partial charge in [0, 0.05) is 32.0 Å². The number of rotatable bonds is 9. The Labute approximate surface area is 208 Å². The van der Waals surface area contributed by atoms with E-state index >= 15 is 0 Å². The van der Waals surface area contributed by atoms with E-state index in [1.807, 2.05) is 24.7 Å². The zero-order valence-electron chi connectivity index (χ0n) is 19.9. The van der Waals surface area contributed by atoms with Gasteiger partial charge in [-0.15, -0.1) is 24.0 Å². The summed E-state index contributed by atoms with van der Waals surface area (Å²) in [6.45, 7) is 8.53. The van der Waals surface area contributed by atoms with E-state index in [1.165, 1.54) is 5.56 Å². The van der Waals surface area contributed by atoms with Crippen LogP contribution in [-0.4, -0.2) is 54.1 Å². The topological polar surface area (TPSA) is 85.6 Å². The number of hydrogen-bond acceptors (Lipinski definition) is 5. The van der Waals surface area contributed by atoms with Crippen LogP contribution in [0.15, 0.2) is 23.2 Å². The number of aryl methyl sites for hydroxylation is 2. The second-order valence-corrected chi connectivity index (χ2v) is 8.12. The molecule has 0 spiro atoms. The van der Waals surface area contributed by atoms with Gasteiger partial charge in [0.05, 0.1) is 20.3 Å². The number of benzene rings is 1. The van der Waals surface area contributed by atoms with Gasteiger partial charge in [-0.25, -0.2) is 9.67 Å². The fourth-order valence-electron chi connectivity index (χ4n) is 3.72. The minimum atomic E-state index is 0. The number of hydrogen-bond donors (Lipinski definition) is 2. The summed E-state index contributed by atoms with van der Waals surface area (Å²) in [5, 5.41) is 11.6. The number of methoxy groups -OCH3 is 1. The predicted molar refractivity (Wildman–Crippen MR) is 139 cm³/mol. The fraction of sp³-hybridized carbons (Fsp3) is 0.609. The van der Waals surface area contributed by atoms with Gasteiger partial charge in [0.25, 0.3) is 0 Å². The van der Waals surface area contributed by atoms with Gasteiger partial charge >= 0.3 is 0 Å². The van der Waals surface area contributed by atoms with E-state index in [0.29, 0.717) is 18.6 Å². The Balaban J connectivity index is 0.00000363. The maximum atomic E-state index is 5.67. The molecule has 32 heavy (non-hydrogen) atoms. The van der Waals surface area contributed by atoms with Gasteiger partial charge in [-0.05, 0) is 43.9 Å². The van der Waals surface area contributed by atoms with E-state index in [0.717, 1.165) is 67.9 Å². The van der Waals surface area contributed by atoms with E-state index < -0.39 is 0 Å². The number of aromatic nitrogens is 3. The summed E-state index contributed by atoms with van der Waals surface area (Å²) in [7, 11) is 3.48. The molecule has 9 heteroatoms. The first-order valence-corrected chi connectivity index (χ1v) is 11.2. The molecule has 1 aliphatic heterocycles. The van der Waals surface area contributed by atoms with Gasteiger partial charge in [0.2, 0.25) is 0 Å². The van der Waals surface area contributed by atoms with Crippen LogP contribution in [-0.2, 0) is 19.4 Å². The van der Waals surface area contributed by atoms with Crippen LogP contribution in [0.2, 0.25) is 0 Å². The average molecular weight is 556 g/mol. The quantitative estimate of drug-likeness (QED) is 0.213. The first-order chi connectivity index (χ1) is 15.0. The standard InChI is InChI=1S/C23H36N6O2.HI/c1-6-31-20-14-17(9-11-19(20)30-5)8-7-13-25-23(24-4)26-18-10-12-21-27-22(16(2)3)28-29(21)15-18;/h9,11,14,16,18H,6-8,10,12-13,15H2,1-5H3,(H2,24,25,26);1H. The molecular formula is C23H37IN6O2. The van der Waals surface area contributed by atoms with Crippen molar-refractivity contribution < 1.29 is 9.47 Å². The maximum absolute atomic E-state index is 5.67. The molecule has 0 radical (unpaired) electrons. The lowest BCUT2D eigenvalue weighted by atomic mass is 10.1. The molecule has 8 nitrogen and oxygen atoms in total. The number of nitrogens with one attached hydrogen (secondary N) is 2. The Morgan fingerprint density at radius 3 is 2.81 bits per heavy atom. The predicted octanol–water partition coefficient (Wildman–Crippen LogP) is 3.54. The van der Waals surface area contributed by atoms with Crippen molar-refractivity contribution in [1.29, 1.82) is 0 Å². The minimum Gasteiger partial charge on any atom is -0.493 e. The Hall–Kier alpha value is -2.04. The average Bonchev–Trinajstić information content (AvgIpc) is 3.20.